The number of benzene rings is 1. The van der Waals surface area contributed by atoms with Crippen molar-refractivity contribution >= 4 is 18.3 Å². The summed E-state index contributed by atoms with van der Waals surface area (Å²) in [5.41, 5.74) is 1.39. The summed E-state index contributed by atoms with van der Waals surface area (Å²) in [6.07, 6.45) is 3.90. The molecule has 2 rings (SSSR count). The molecule has 0 aliphatic carbocycles. The van der Waals surface area contributed by atoms with Gasteiger partial charge in [-0.15, -0.1) is 12.4 Å². The average molecular weight is 341 g/mol. The van der Waals surface area contributed by atoms with E-state index < -0.39 is 6.04 Å². The number of rotatable bonds is 6. The van der Waals surface area contributed by atoms with Gasteiger partial charge in [-0.3, -0.25) is 9.48 Å². The van der Waals surface area contributed by atoms with Crippen LogP contribution in [-0.4, -0.2) is 28.8 Å². The first-order valence-corrected chi connectivity index (χ1v) is 7.21. The smallest absolute Gasteiger partial charge is 0.242 e. The summed E-state index contributed by atoms with van der Waals surface area (Å²) in [5.74, 6) is -0.402. The molecule has 5 nitrogen and oxygen atoms in total. The number of nitrogens with one attached hydrogen (secondary N) is 2. The Labute approximate surface area is 141 Å². The van der Waals surface area contributed by atoms with Crippen LogP contribution in [0.5, 0.6) is 0 Å². The molecule has 2 aromatic rings. The molecule has 1 amide bonds. The molecule has 2 atom stereocenters. The lowest BCUT2D eigenvalue weighted by Crippen LogP contribution is -2.41. The summed E-state index contributed by atoms with van der Waals surface area (Å²) in [4.78, 5) is 12.4. The quantitative estimate of drug-likeness (QED) is 0.845. The SMILES string of the molecule is CNC(C(=O)NC(C)Cc1ccccc1F)c1cnn(C)c1.Cl. The molecule has 0 aliphatic rings. The van der Waals surface area contributed by atoms with Gasteiger partial charge in [-0.1, -0.05) is 18.2 Å². The van der Waals surface area contributed by atoms with Gasteiger partial charge in [-0.2, -0.15) is 5.10 Å². The second-order valence-electron chi connectivity index (χ2n) is 5.37. The second kappa shape index (κ2) is 8.64. The summed E-state index contributed by atoms with van der Waals surface area (Å²) < 4.78 is 15.3. The van der Waals surface area contributed by atoms with Crippen LogP contribution >= 0.6 is 12.4 Å². The summed E-state index contributed by atoms with van der Waals surface area (Å²) >= 11 is 0. The molecule has 1 heterocycles. The number of aromatic nitrogens is 2. The van der Waals surface area contributed by atoms with E-state index in [1.54, 1.807) is 49.4 Å². The molecule has 0 radical (unpaired) electrons. The first-order valence-electron chi connectivity index (χ1n) is 7.21. The number of hydrogen-bond acceptors (Lipinski definition) is 3. The Balaban J connectivity index is 0.00000264. The molecule has 7 heteroatoms. The molecular weight excluding hydrogens is 319 g/mol. The minimum atomic E-state index is -0.475. The molecule has 0 spiro atoms. The predicted molar refractivity (Wildman–Crippen MR) is 90.0 cm³/mol. The van der Waals surface area contributed by atoms with Crippen molar-refractivity contribution in [2.75, 3.05) is 7.05 Å². The van der Waals surface area contributed by atoms with Gasteiger partial charge < -0.3 is 10.6 Å². The van der Waals surface area contributed by atoms with E-state index in [0.29, 0.717) is 12.0 Å². The fraction of sp³-hybridized carbons (Fsp3) is 0.375. The van der Waals surface area contributed by atoms with Crippen molar-refractivity contribution in [1.82, 2.24) is 20.4 Å². The highest BCUT2D eigenvalue weighted by Crippen LogP contribution is 2.13. The second-order valence-corrected chi connectivity index (χ2v) is 5.37. The molecule has 0 bridgehead atoms. The van der Waals surface area contributed by atoms with Gasteiger partial charge in [0.05, 0.1) is 6.20 Å². The number of nitrogens with zero attached hydrogens (tertiary/aromatic N) is 2. The van der Waals surface area contributed by atoms with Crippen LogP contribution in [0.15, 0.2) is 36.7 Å². The van der Waals surface area contributed by atoms with E-state index >= 15 is 0 Å². The molecule has 126 valence electrons. The standard InChI is InChI=1S/C16H21FN4O.ClH/c1-11(8-12-6-4-5-7-14(12)17)20-16(22)15(18-2)13-9-19-21(3)10-13;/h4-7,9-11,15,18H,8H2,1-3H3,(H,20,22);1H. The Hall–Kier alpha value is -1.92. The van der Waals surface area contributed by atoms with Gasteiger partial charge in [-0.05, 0) is 32.0 Å². The lowest BCUT2D eigenvalue weighted by Gasteiger charge is -2.19. The summed E-state index contributed by atoms with van der Waals surface area (Å²) in [5, 5.41) is 9.96. The van der Waals surface area contributed by atoms with Crippen molar-refractivity contribution in [3.05, 3.63) is 53.6 Å². The van der Waals surface area contributed by atoms with E-state index in [9.17, 15) is 9.18 Å². The Bertz CT molecular complexity index is 647. The number of hydrogen-bond donors (Lipinski definition) is 2. The fourth-order valence-electron chi connectivity index (χ4n) is 2.41. The maximum atomic E-state index is 13.6. The molecule has 0 fully saturated rings. The number of likely N-dealkylation sites (N-methyl/N-ethyl adjacent to an activating group) is 1. The van der Waals surface area contributed by atoms with Crippen LogP contribution in [0.2, 0.25) is 0 Å². The molecule has 1 aromatic heterocycles. The van der Waals surface area contributed by atoms with Crippen molar-refractivity contribution in [3.63, 3.8) is 0 Å². The highest BCUT2D eigenvalue weighted by molar-refractivity contribution is 5.85. The highest BCUT2D eigenvalue weighted by atomic mass is 35.5. The summed E-state index contributed by atoms with van der Waals surface area (Å²) in [6.45, 7) is 1.86. The molecule has 2 unspecified atom stereocenters. The maximum Gasteiger partial charge on any atom is 0.242 e. The summed E-state index contributed by atoms with van der Waals surface area (Å²) in [7, 11) is 3.52. The number of carbonyl (C=O) groups is 1. The van der Waals surface area contributed by atoms with Crippen molar-refractivity contribution < 1.29 is 9.18 Å². The fourth-order valence-corrected chi connectivity index (χ4v) is 2.41. The average Bonchev–Trinajstić information content (AvgIpc) is 2.88. The van der Waals surface area contributed by atoms with E-state index in [-0.39, 0.29) is 30.2 Å². The van der Waals surface area contributed by atoms with Crippen LogP contribution in [0.1, 0.15) is 24.1 Å². The van der Waals surface area contributed by atoms with Gasteiger partial charge in [0.1, 0.15) is 11.9 Å². The molecule has 0 saturated heterocycles. The zero-order valence-electron chi connectivity index (χ0n) is 13.4. The number of amides is 1. The molecule has 2 N–H and O–H groups in total. The Morgan fingerprint density at radius 1 is 1.39 bits per heavy atom. The predicted octanol–water partition coefficient (Wildman–Crippen LogP) is 1.99. The maximum absolute atomic E-state index is 13.6. The van der Waals surface area contributed by atoms with E-state index in [2.05, 4.69) is 15.7 Å². The third-order valence-corrected chi connectivity index (χ3v) is 3.48. The van der Waals surface area contributed by atoms with E-state index in [1.165, 1.54) is 6.07 Å². The number of halogens is 2. The minimum absolute atomic E-state index is 0. The van der Waals surface area contributed by atoms with Crippen molar-refractivity contribution in [2.45, 2.75) is 25.4 Å². The van der Waals surface area contributed by atoms with Gasteiger partial charge in [-0.25, -0.2) is 4.39 Å². The van der Waals surface area contributed by atoms with Crippen LogP contribution in [0.4, 0.5) is 4.39 Å². The monoisotopic (exact) mass is 340 g/mol. The first-order chi connectivity index (χ1) is 10.5. The van der Waals surface area contributed by atoms with Crippen molar-refractivity contribution in [1.29, 1.82) is 0 Å². The molecular formula is C16H22ClFN4O. The van der Waals surface area contributed by atoms with Gasteiger partial charge >= 0.3 is 0 Å². The van der Waals surface area contributed by atoms with Gasteiger partial charge in [0.25, 0.3) is 0 Å². The zero-order chi connectivity index (χ0) is 16.1. The Kier molecular flexibility index (Phi) is 7.19. The Morgan fingerprint density at radius 2 is 2.09 bits per heavy atom. The van der Waals surface area contributed by atoms with E-state index in [1.807, 2.05) is 6.92 Å². The highest BCUT2D eigenvalue weighted by Gasteiger charge is 2.21. The topological polar surface area (TPSA) is 59.0 Å². The minimum Gasteiger partial charge on any atom is -0.352 e. The third kappa shape index (κ3) is 5.04. The van der Waals surface area contributed by atoms with E-state index in [4.69, 9.17) is 0 Å². The number of carbonyl (C=O) groups excluding carboxylic acids is 1. The Morgan fingerprint density at radius 3 is 2.65 bits per heavy atom. The molecule has 0 aliphatic heterocycles. The van der Waals surface area contributed by atoms with Crippen LogP contribution in [0.3, 0.4) is 0 Å². The lowest BCUT2D eigenvalue weighted by atomic mass is 10.1. The molecule has 0 saturated carbocycles. The van der Waals surface area contributed by atoms with Gasteiger partial charge in [0.2, 0.25) is 5.91 Å². The van der Waals surface area contributed by atoms with Crippen molar-refractivity contribution in [3.8, 4) is 0 Å². The largest absolute Gasteiger partial charge is 0.352 e. The molecule has 1 aromatic carbocycles. The van der Waals surface area contributed by atoms with Crippen LogP contribution in [-0.2, 0) is 18.3 Å². The lowest BCUT2D eigenvalue weighted by molar-refractivity contribution is -0.123. The van der Waals surface area contributed by atoms with Gasteiger partial charge in [0.15, 0.2) is 0 Å². The first kappa shape index (κ1) is 19.1. The summed E-state index contributed by atoms with van der Waals surface area (Å²) in [6, 6.07) is 5.96. The molecule has 23 heavy (non-hydrogen) atoms. The van der Waals surface area contributed by atoms with Crippen LogP contribution in [0.25, 0.3) is 0 Å². The third-order valence-electron chi connectivity index (χ3n) is 3.48. The van der Waals surface area contributed by atoms with E-state index in [0.717, 1.165) is 5.56 Å². The van der Waals surface area contributed by atoms with Gasteiger partial charge in [0, 0.05) is 24.8 Å². The van der Waals surface area contributed by atoms with Crippen molar-refractivity contribution in [2.24, 2.45) is 7.05 Å². The zero-order valence-corrected chi connectivity index (χ0v) is 14.2. The van der Waals surface area contributed by atoms with Crippen LogP contribution < -0.4 is 10.6 Å². The van der Waals surface area contributed by atoms with Crippen LogP contribution in [0, 0.1) is 5.82 Å². The number of aryl methyl sites for hydroxylation is 1. The normalized spacial score (nSPS) is 13.0.